The molecule has 0 aliphatic rings. The number of aromatic hydroxyl groups is 1. The molecule has 0 aliphatic heterocycles. The molecule has 0 fully saturated rings. The van der Waals surface area contributed by atoms with Crippen LogP contribution in [0.25, 0.3) is 10.8 Å². The molecule has 1 aromatic heterocycles. The molecule has 8 heteroatoms. The Hall–Kier alpha value is -2.54. The number of hydrogen-bond acceptors (Lipinski definition) is 5. The fourth-order valence-electron chi connectivity index (χ4n) is 2.11. The predicted octanol–water partition coefficient (Wildman–Crippen LogP) is 2.85. The van der Waals surface area contributed by atoms with Crippen LogP contribution in [0.15, 0.2) is 24.3 Å². The molecule has 0 aliphatic carbocycles. The van der Waals surface area contributed by atoms with Crippen molar-refractivity contribution in [1.29, 1.82) is 0 Å². The molecule has 0 radical (unpaired) electrons. The van der Waals surface area contributed by atoms with Crippen LogP contribution in [-0.4, -0.2) is 40.8 Å². The van der Waals surface area contributed by atoms with E-state index in [0.29, 0.717) is 10.8 Å². The summed E-state index contributed by atoms with van der Waals surface area (Å²) in [6.45, 7) is 5.58. The lowest BCUT2D eigenvalue weighted by molar-refractivity contribution is 0.0526. The molecule has 2 rings (SSSR count). The Kier molecular flexibility index (Phi) is 5.69. The Morgan fingerprint density at radius 3 is 2.40 bits per heavy atom. The number of pyridine rings is 1. The maximum absolute atomic E-state index is 12.2. The van der Waals surface area contributed by atoms with Gasteiger partial charge in [0.2, 0.25) is 0 Å². The van der Waals surface area contributed by atoms with Gasteiger partial charge in [0.15, 0.2) is 11.4 Å². The third kappa shape index (κ3) is 4.96. The Morgan fingerprint density at radius 2 is 1.76 bits per heavy atom. The van der Waals surface area contributed by atoms with Crippen LogP contribution < -0.4 is 10.6 Å². The number of halogens is 1. The summed E-state index contributed by atoms with van der Waals surface area (Å²) in [5.41, 5.74) is -0.758. The van der Waals surface area contributed by atoms with E-state index in [1.165, 1.54) is 0 Å². The second-order valence-electron chi connectivity index (χ2n) is 6.33. The zero-order valence-electron chi connectivity index (χ0n) is 14.2. The van der Waals surface area contributed by atoms with Crippen LogP contribution in [0, 0.1) is 0 Å². The summed E-state index contributed by atoms with van der Waals surface area (Å²) in [5, 5.41) is 16.5. The summed E-state index contributed by atoms with van der Waals surface area (Å²) < 4.78 is 5.08. The Labute approximate surface area is 150 Å². The van der Waals surface area contributed by atoms with Gasteiger partial charge in [-0.15, -0.1) is 0 Å². The van der Waals surface area contributed by atoms with Crippen LogP contribution in [0.5, 0.6) is 5.75 Å². The van der Waals surface area contributed by atoms with E-state index in [2.05, 4.69) is 15.6 Å². The van der Waals surface area contributed by atoms with Gasteiger partial charge in [-0.1, -0.05) is 35.9 Å². The zero-order valence-corrected chi connectivity index (χ0v) is 15.0. The maximum atomic E-state index is 12.2. The van der Waals surface area contributed by atoms with Gasteiger partial charge in [-0.2, -0.15) is 0 Å². The van der Waals surface area contributed by atoms with E-state index in [1.54, 1.807) is 45.0 Å². The molecule has 0 saturated carbocycles. The largest absolute Gasteiger partial charge is 0.505 e. The van der Waals surface area contributed by atoms with Crippen LogP contribution >= 0.6 is 11.6 Å². The van der Waals surface area contributed by atoms with Crippen LogP contribution in [0.1, 0.15) is 31.3 Å². The van der Waals surface area contributed by atoms with E-state index in [1.807, 2.05) is 0 Å². The number of alkyl carbamates (subject to hydrolysis) is 1. The Bertz CT molecular complexity index is 802. The van der Waals surface area contributed by atoms with E-state index in [0.717, 1.165) is 0 Å². The normalized spacial score (nSPS) is 11.2. The number of nitrogens with zero attached hydrogens (tertiary/aromatic N) is 1. The molecular weight excluding hydrogens is 346 g/mol. The average Bonchev–Trinajstić information content (AvgIpc) is 2.53. The molecule has 2 amide bonds. The number of ether oxygens (including phenoxy) is 1. The van der Waals surface area contributed by atoms with Crippen molar-refractivity contribution in [2.75, 3.05) is 13.1 Å². The summed E-state index contributed by atoms with van der Waals surface area (Å²) in [4.78, 5) is 27.7. The molecule has 7 nitrogen and oxygen atoms in total. The van der Waals surface area contributed by atoms with E-state index < -0.39 is 17.6 Å². The molecule has 0 spiro atoms. The summed E-state index contributed by atoms with van der Waals surface area (Å²) in [6, 6.07) is 6.85. The minimum absolute atomic E-state index is 0.130. The van der Waals surface area contributed by atoms with Crippen LogP contribution in [0.2, 0.25) is 5.15 Å². The molecule has 134 valence electrons. The quantitative estimate of drug-likeness (QED) is 0.571. The van der Waals surface area contributed by atoms with Crippen molar-refractivity contribution in [2.24, 2.45) is 0 Å². The molecule has 0 saturated heterocycles. The van der Waals surface area contributed by atoms with Gasteiger partial charge in [0.05, 0.1) is 0 Å². The number of hydrogen-bond donors (Lipinski definition) is 3. The predicted molar refractivity (Wildman–Crippen MR) is 95.0 cm³/mol. The van der Waals surface area contributed by atoms with E-state index >= 15 is 0 Å². The first-order chi connectivity index (χ1) is 11.7. The summed E-state index contributed by atoms with van der Waals surface area (Å²) in [7, 11) is 0. The van der Waals surface area contributed by atoms with Gasteiger partial charge in [0, 0.05) is 23.9 Å². The Balaban J connectivity index is 1.97. The smallest absolute Gasteiger partial charge is 0.407 e. The van der Waals surface area contributed by atoms with Crippen molar-refractivity contribution >= 4 is 34.4 Å². The number of amides is 2. The van der Waals surface area contributed by atoms with Gasteiger partial charge in [0.1, 0.15) is 10.8 Å². The highest BCUT2D eigenvalue weighted by Crippen LogP contribution is 2.31. The molecular formula is C17H20ClN3O4. The first-order valence-corrected chi connectivity index (χ1v) is 8.09. The number of rotatable bonds is 4. The standard InChI is InChI=1S/C17H20ClN3O4/c1-17(2,3)25-16(24)20-9-8-19-15(23)12-13(22)10-6-4-5-7-11(10)14(18)21-12/h4-7,22H,8-9H2,1-3H3,(H,19,23)(H,20,24). The van der Waals surface area contributed by atoms with Gasteiger partial charge in [0.25, 0.3) is 5.91 Å². The highest BCUT2D eigenvalue weighted by molar-refractivity contribution is 6.34. The second kappa shape index (κ2) is 7.57. The third-order valence-corrected chi connectivity index (χ3v) is 3.42. The molecule has 2 aromatic rings. The first-order valence-electron chi connectivity index (χ1n) is 7.71. The lowest BCUT2D eigenvalue weighted by atomic mass is 10.1. The SMILES string of the molecule is CC(C)(C)OC(=O)NCCNC(=O)c1nc(Cl)c2ccccc2c1O. The molecule has 1 aromatic carbocycles. The van der Waals surface area contributed by atoms with E-state index in [4.69, 9.17) is 16.3 Å². The minimum Gasteiger partial charge on any atom is -0.505 e. The van der Waals surface area contributed by atoms with E-state index in [9.17, 15) is 14.7 Å². The van der Waals surface area contributed by atoms with Crippen molar-refractivity contribution in [3.05, 3.63) is 35.1 Å². The number of carbonyl (C=O) groups is 2. The Morgan fingerprint density at radius 1 is 1.16 bits per heavy atom. The number of carbonyl (C=O) groups excluding carboxylic acids is 2. The summed E-state index contributed by atoms with van der Waals surface area (Å²) in [6.07, 6.45) is -0.573. The maximum Gasteiger partial charge on any atom is 0.407 e. The summed E-state index contributed by atoms with van der Waals surface area (Å²) >= 11 is 6.07. The van der Waals surface area contributed by atoms with Gasteiger partial charge < -0.3 is 20.5 Å². The van der Waals surface area contributed by atoms with Crippen molar-refractivity contribution in [2.45, 2.75) is 26.4 Å². The van der Waals surface area contributed by atoms with Gasteiger partial charge >= 0.3 is 6.09 Å². The van der Waals surface area contributed by atoms with Crippen molar-refractivity contribution < 1.29 is 19.4 Å². The fourth-order valence-corrected chi connectivity index (χ4v) is 2.35. The van der Waals surface area contributed by atoms with Crippen LogP contribution in [-0.2, 0) is 4.74 Å². The minimum atomic E-state index is -0.592. The number of nitrogens with one attached hydrogen (secondary N) is 2. The highest BCUT2D eigenvalue weighted by Gasteiger charge is 2.18. The summed E-state index contributed by atoms with van der Waals surface area (Å²) in [5.74, 6) is -0.825. The van der Waals surface area contributed by atoms with Crippen LogP contribution in [0.3, 0.4) is 0 Å². The number of aromatic nitrogens is 1. The number of fused-ring (bicyclic) bond motifs is 1. The lowest BCUT2D eigenvalue weighted by Gasteiger charge is -2.19. The lowest BCUT2D eigenvalue weighted by Crippen LogP contribution is -2.38. The highest BCUT2D eigenvalue weighted by atomic mass is 35.5. The monoisotopic (exact) mass is 365 g/mol. The topological polar surface area (TPSA) is 101 Å². The van der Waals surface area contributed by atoms with Crippen molar-refractivity contribution in [1.82, 2.24) is 15.6 Å². The van der Waals surface area contributed by atoms with Crippen molar-refractivity contribution in [3.63, 3.8) is 0 Å². The molecule has 3 N–H and O–H groups in total. The fraction of sp³-hybridized carbons (Fsp3) is 0.353. The molecule has 0 atom stereocenters. The number of benzene rings is 1. The van der Waals surface area contributed by atoms with Crippen LogP contribution in [0.4, 0.5) is 4.79 Å². The van der Waals surface area contributed by atoms with Crippen molar-refractivity contribution in [3.8, 4) is 5.75 Å². The second-order valence-corrected chi connectivity index (χ2v) is 6.69. The third-order valence-electron chi connectivity index (χ3n) is 3.13. The molecule has 25 heavy (non-hydrogen) atoms. The van der Waals surface area contributed by atoms with Gasteiger partial charge in [-0.3, -0.25) is 4.79 Å². The molecule has 1 heterocycles. The first kappa shape index (κ1) is 18.8. The van der Waals surface area contributed by atoms with Gasteiger partial charge in [-0.05, 0) is 20.8 Å². The molecule has 0 bridgehead atoms. The van der Waals surface area contributed by atoms with Gasteiger partial charge in [-0.25, -0.2) is 9.78 Å². The van der Waals surface area contributed by atoms with E-state index in [-0.39, 0.29) is 29.7 Å². The molecule has 0 unspecified atom stereocenters. The zero-order chi connectivity index (χ0) is 18.6. The average molecular weight is 366 g/mol.